The van der Waals surface area contributed by atoms with Crippen LogP contribution in [0.5, 0.6) is 0 Å². The van der Waals surface area contributed by atoms with E-state index in [-0.39, 0.29) is 11.5 Å². The van der Waals surface area contributed by atoms with Gasteiger partial charge in [0.25, 0.3) is 0 Å². The summed E-state index contributed by atoms with van der Waals surface area (Å²) in [7, 11) is 0. The molecule has 0 aliphatic rings. The highest BCUT2D eigenvalue weighted by Gasteiger charge is 2.18. The van der Waals surface area contributed by atoms with E-state index in [4.69, 9.17) is 0 Å². The van der Waals surface area contributed by atoms with Gasteiger partial charge in [-0.1, -0.05) is 34.6 Å². The average Bonchev–Trinajstić information content (AvgIpc) is 2.65. The fourth-order valence-corrected chi connectivity index (χ4v) is 2.37. The zero-order chi connectivity index (χ0) is 13.8. The third kappa shape index (κ3) is 4.81. The van der Waals surface area contributed by atoms with Crippen molar-refractivity contribution >= 4 is 0 Å². The van der Waals surface area contributed by atoms with Gasteiger partial charge in [0, 0.05) is 12.6 Å². The van der Waals surface area contributed by atoms with Crippen molar-refractivity contribution in [2.45, 2.75) is 72.4 Å². The van der Waals surface area contributed by atoms with E-state index in [9.17, 15) is 5.11 Å². The van der Waals surface area contributed by atoms with E-state index in [0.717, 1.165) is 25.0 Å². The molecule has 0 fully saturated rings. The van der Waals surface area contributed by atoms with E-state index >= 15 is 0 Å². The van der Waals surface area contributed by atoms with Gasteiger partial charge in [0.15, 0.2) is 0 Å². The van der Waals surface area contributed by atoms with Gasteiger partial charge >= 0.3 is 0 Å². The molecule has 0 radical (unpaired) electrons. The van der Waals surface area contributed by atoms with Gasteiger partial charge in [-0.3, -0.25) is 4.68 Å². The highest BCUT2D eigenvalue weighted by Crippen LogP contribution is 2.22. The molecule has 1 N–H and O–H groups in total. The molecular weight excluding hydrogens is 224 g/mol. The van der Waals surface area contributed by atoms with E-state index in [2.05, 4.69) is 39.7 Å². The van der Waals surface area contributed by atoms with Gasteiger partial charge in [0.1, 0.15) is 0 Å². The molecule has 1 aromatic rings. The summed E-state index contributed by atoms with van der Waals surface area (Å²) in [5.74, 6) is 0. The van der Waals surface area contributed by atoms with Crippen molar-refractivity contribution in [3.05, 3.63) is 18.0 Å². The Morgan fingerprint density at radius 2 is 1.89 bits per heavy atom. The summed E-state index contributed by atoms with van der Waals surface area (Å²) in [4.78, 5) is 0. The summed E-state index contributed by atoms with van der Waals surface area (Å²) in [6.45, 7) is 10.8. The quantitative estimate of drug-likeness (QED) is 0.840. The molecule has 0 aromatic carbocycles. The molecule has 0 aliphatic heterocycles. The first-order valence-electron chi connectivity index (χ1n) is 7.07. The second-order valence-corrected chi connectivity index (χ2v) is 6.38. The van der Waals surface area contributed by atoms with Gasteiger partial charge in [0.2, 0.25) is 0 Å². The first kappa shape index (κ1) is 15.2. The molecule has 0 bridgehead atoms. The van der Waals surface area contributed by atoms with Gasteiger partial charge in [0.05, 0.1) is 17.8 Å². The number of rotatable bonds is 6. The van der Waals surface area contributed by atoms with Crippen LogP contribution in [-0.4, -0.2) is 21.0 Å². The van der Waals surface area contributed by atoms with Crippen molar-refractivity contribution in [3.8, 4) is 0 Å². The molecule has 0 amide bonds. The zero-order valence-electron chi connectivity index (χ0n) is 12.5. The van der Waals surface area contributed by atoms with E-state index in [1.807, 2.05) is 16.9 Å². The molecule has 1 atom stereocenters. The van der Waals surface area contributed by atoms with Gasteiger partial charge < -0.3 is 5.11 Å². The van der Waals surface area contributed by atoms with Crippen molar-refractivity contribution in [1.82, 2.24) is 9.78 Å². The Morgan fingerprint density at radius 3 is 2.39 bits per heavy atom. The molecular formula is C15H28N2O. The molecule has 1 heterocycles. The van der Waals surface area contributed by atoms with Crippen LogP contribution in [0.25, 0.3) is 0 Å². The van der Waals surface area contributed by atoms with Crippen molar-refractivity contribution in [2.24, 2.45) is 5.41 Å². The summed E-state index contributed by atoms with van der Waals surface area (Å²) >= 11 is 0. The van der Waals surface area contributed by atoms with Gasteiger partial charge in [-0.15, -0.1) is 0 Å². The third-order valence-electron chi connectivity index (χ3n) is 3.27. The fourth-order valence-electron chi connectivity index (χ4n) is 2.37. The normalized spacial score (nSPS) is 14.2. The summed E-state index contributed by atoms with van der Waals surface area (Å²) < 4.78 is 2.04. The van der Waals surface area contributed by atoms with Crippen LogP contribution in [0, 0.1) is 5.41 Å². The first-order valence-corrected chi connectivity index (χ1v) is 7.07. The Hall–Kier alpha value is -0.830. The summed E-state index contributed by atoms with van der Waals surface area (Å²) in [5, 5.41) is 14.6. The Balaban J connectivity index is 2.58. The average molecular weight is 252 g/mol. The number of aliphatic hydroxyl groups excluding tert-OH is 1. The van der Waals surface area contributed by atoms with Crippen LogP contribution in [0.2, 0.25) is 0 Å². The number of hydrogen-bond donors (Lipinski definition) is 1. The molecule has 0 saturated carbocycles. The van der Waals surface area contributed by atoms with Crippen LogP contribution in [0.3, 0.4) is 0 Å². The number of aliphatic hydroxyl groups is 1. The van der Waals surface area contributed by atoms with E-state index in [1.165, 1.54) is 0 Å². The fraction of sp³-hybridized carbons (Fsp3) is 0.800. The molecule has 1 rings (SSSR count). The number of aromatic nitrogens is 2. The topological polar surface area (TPSA) is 38.0 Å². The number of hydrogen-bond acceptors (Lipinski definition) is 2. The highest BCUT2D eigenvalue weighted by molar-refractivity contribution is 5.01. The minimum absolute atomic E-state index is 0.164. The Labute approximate surface area is 111 Å². The van der Waals surface area contributed by atoms with Crippen molar-refractivity contribution in [2.75, 3.05) is 0 Å². The third-order valence-corrected chi connectivity index (χ3v) is 3.27. The van der Waals surface area contributed by atoms with Crippen LogP contribution < -0.4 is 0 Å². The maximum atomic E-state index is 10.1. The predicted octanol–water partition coefficient (Wildman–Crippen LogP) is 3.58. The Kier molecular flexibility index (Phi) is 5.39. The summed E-state index contributed by atoms with van der Waals surface area (Å²) in [6, 6.07) is 2.52. The van der Waals surface area contributed by atoms with Gasteiger partial charge in [-0.25, -0.2) is 0 Å². The zero-order valence-corrected chi connectivity index (χ0v) is 12.5. The Morgan fingerprint density at radius 1 is 1.28 bits per heavy atom. The molecule has 3 heteroatoms. The van der Waals surface area contributed by atoms with Gasteiger partial charge in [-0.05, 0) is 30.7 Å². The Bertz CT molecular complexity index is 348. The highest BCUT2D eigenvalue weighted by atomic mass is 16.3. The molecule has 3 nitrogen and oxygen atoms in total. The van der Waals surface area contributed by atoms with E-state index in [0.29, 0.717) is 12.5 Å². The maximum absolute atomic E-state index is 10.1. The minimum atomic E-state index is -0.296. The largest absolute Gasteiger partial charge is 0.393 e. The monoisotopic (exact) mass is 252 g/mol. The van der Waals surface area contributed by atoms with E-state index in [1.54, 1.807) is 0 Å². The molecule has 18 heavy (non-hydrogen) atoms. The lowest BCUT2D eigenvalue weighted by atomic mass is 9.88. The van der Waals surface area contributed by atoms with E-state index < -0.39 is 0 Å². The molecule has 0 aliphatic carbocycles. The van der Waals surface area contributed by atoms with Crippen LogP contribution in [0.15, 0.2) is 12.3 Å². The minimum Gasteiger partial charge on any atom is -0.393 e. The van der Waals surface area contributed by atoms with Crippen LogP contribution in [0.4, 0.5) is 0 Å². The maximum Gasteiger partial charge on any atom is 0.0650 e. The van der Waals surface area contributed by atoms with Crippen LogP contribution in [-0.2, 0) is 6.42 Å². The van der Waals surface area contributed by atoms with Crippen LogP contribution in [0.1, 0.15) is 65.6 Å². The van der Waals surface area contributed by atoms with Crippen molar-refractivity contribution in [3.63, 3.8) is 0 Å². The molecule has 0 spiro atoms. The lowest BCUT2D eigenvalue weighted by Crippen LogP contribution is -2.20. The second-order valence-electron chi connectivity index (χ2n) is 6.38. The smallest absolute Gasteiger partial charge is 0.0650 e. The lowest BCUT2D eigenvalue weighted by Gasteiger charge is -2.21. The molecule has 1 unspecified atom stereocenters. The van der Waals surface area contributed by atoms with Crippen molar-refractivity contribution < 1.29 is 5.11 Å². The SMILES string of the molecule is CCC(CC)n1ccc(CC(O)CC(C)(C)C)n1. The first-order chi connectivity index (χ1) is 8.35. The second kappa shape index (κ2) is 6.37. The molecule has 0 saturated heterocycles. The standard InChI is InChI=1S/C15H28N2O/c1-6-13(7-2)17-9-8-12(16-17)10-14(18)11-15(3,4)5/h8-9,13-14,18H,6-7,10-11H2,1-5H3. The summed E-state index contributed by atoms with van der Waals surface area (Å²) in [5.41, 5.74) is 1.16. The van der Waals surface area contributed by atoms with Gasteiger partial charge in [-0.2, -0.15) is 5.10 Å². The van der Waals surface area contributed by atoms with Crippen LogP contribution >= 0.6 is 0 Å². The molecule has 104 valence electrons. The molecule has 1 aromatic heterocycles. The van der Waals surface area contributed by atoms with Crippen molar-refractivity contribution in [1.29, 1.82) is 0 Å². The number of nitrogens with zero attached hydrogens (tertiary/aromatic N) is 2. The summed E-state index contributed by atoms with van der Waals surface area (Å²) in [6.07, 6.45) is 5.41. The predicted molar refractivity (Wildman–Crippen MR) is 75.6 cm³/mol. The lowest BCUT2D eigenvalue weighted by molar-refractivity contribution is 0.120.